The highest BCUT2D eigenvalue weighted by molar-refractivity contribution is 6.20. The Morgan fingerprint density at radius 2 is 1.60 bits per heavy atom. The number of benzene rings is 1. The summed E-state index contributed by atoms with van der Waals surface area (Å²) in [6.07, 6.45) is -0.924. The average molecular weight is 277 g/mol. The summed E-state index contributed by atoms with van der Waals surface area (Å²) in [5.41, 5.74) is -0.152. The highest BCUT2D eigenvalue weighted by Gasteiger charge is 2.38. The largest absolute Gasteiger partial charge is 0.339 e. The lowest BCUT2D eigenvalue weighted by Crippen LogP contribution is -2.39. The van der Waals surface area contributed by atoms with Crippen molar-refractivity contribution in [1.82, 2.24) is 5.06 Å². The van der Waals surface area contributed by atoms with Crippen LogP contribution in [0.25, 0.3) is 0 Å². The van der Waals surface area contributed by atoms with Crippen molar-refractivity contribution >= 4 is 18.1 Å². The number of rotatable bonds is 4. The predicted molar refractivity (Wildman–Crippen MR) is 68.7 cm³/mol. The van der Waals surface area contributed by atoms with E-state index < -0.39 is 23.7 Å². The van der Waals surface area contributed by atoms with Gasteiger partial charge >= 0.3 is 0 Å². The number of amides is 2. The van der Waals surface area contributed by atoms with Crippen molar-refractivity contribution in [3.63, 3.8) is 0 Å². The van der Waals surface area contributed by atoms with Crippen LogP contribution in [0.15, 0.2) is 24.3 Å². The zero-order valence-corrected chi connectivity index (χ0v) is 11.5. The van der Waals surface area contributed by atoms with Crippen molar-refractivity contribution in [2.45, 2.75) is 32.7 Å². The minimum Gasteiger partial charge on any atom is -0.339 e. The number of hydrogen-bond donors (Lipinski definition) is 0. The molecule has 6 heteroatoms. The summed E-state index contributed by atoms with van der Waals surface area (Å²) in [4.78, 5) is 40.1. The second-order valence-corrected chi connectivity index (χ2v) is 5.29. The van der Waals surface area contributed by atoms with Crippen LogP contribution in [-0.2, 0) is 14.4 Å². The van der Waals surface area contributed by atoms with E-state index in [-0.39, 0.29) is 11.1 Å². The molecule has 1 aromatic rings. The molecule has 1 aromatic carbocycles. The molecule has 20 heavy (non-hydrogen) atoms. The van der Waals surface area contributed by atoms with Crippen LogP contribution in [0.2, 0.25) is 0 Å². The van der Waals surface area contributed by atoms with Crippen molar-refractivity contribution in [3.05, 3.63) is 35.4 Å². The summed E-state index contributed by atoms with van der Waals surface area (Å²) in [6.45, 7) is 5.19. The summed E-state index contributed by atoms with van der Waals surface area (Å²) in [7, 11) is 0. The summed E-state index contributed by atoms with van der Waals surface area (Å²) < 4.78 is 5.31. The molecular formula is C14H15NO5. The fourth-order valence-corrected chi connectivity index (χ4v) is 1.79. The fraction of sp³-hybridized carbons (Fsp3) is 0.357. The van der Waals surface area contributed by atoms with Gasteiger partial charge in [-0.15, -0.1) is 5.06 Å². The molecule has 0 bridgehead atoms. The van der Waals surface area contributed by atoms with Crippen LogP contribution in [0.5, 0.6) is 0 Å². The van der Waals surface area contributed by atoms with E-state index in [0.717, 1.165) is 0 Å². The van der Waals surface area contributed by atoms with E-state index in [9.17, 15) is 14.4 Å². The Kier molecular flexibility index (Phi) is 3.69. The molecule has 0 aromatic heterocycles. The molecule has 106 valence electrons. The predicted octanol–water partition coefficient (Wildman–Crippen LogP) is 1.55. The molecule has 1 aliphatic heterocycles. The first kappa shape index (κ1) is 14.4. The highest BCUT2D eigenvalue weighted by atomic mass is 16.8. The number of imide groups is 1. The summed E-state index contributed by atoms with van der Waals surface area (Å²) >= 11 is 0. The Bertz CT molecular complexity index is 526. The number of nitrogens with zero attached hydrogens (tertiary/aromatic N) is 1. The molecule has 0 N–H and O–H groups in total. The molecule has 1 heterocycles. The first-order valence-electron chi connectivity index (χ1n) is 6.11. The number of ether oxygens (including phenoxy) is 1. The second-order valence-electron chi connectivity index (χ2n) is 5.29. The first-order chi connectivity index (χ1) is 9.33. The molecule has 0 aliphatic carbocycles. The van der Waals surface area contributed by atoms with Gasteiger partial charge in [-0.25, -0.2) is 4.84 Å². The van der Waals surface area contributed by atoms with Gasteiger partial charge in [-0.1, -0.05) is 12.1 Å². The van der Waals surface area contributed by atoms with Crippen molar-refractivity contribution in [2.24, 2.45) is 0 Å². The van der Waals surface area contributed by atoms with Crippen LogP contribution in [0.1, 0.15) is 41.5 Å². The van der Waals surface area contributed by atoms with Crippen LogP contribution in [-0.4, -0.2) is 35.1 Å². The lowest BCUT2D eigenvalue weighted by atomic mass is 10.1. The Hall–Kier alpha value is -2.05. The fourth-order valence-electron chi connectivity index (χ4n) is 1.79. The maximum Gasteiger partial charge on any atom is 0.286 e. The quantitative estimate of drug-likeness (QED) is 0.474. The molecule has 1 atom stereocenters. The third-order valence-electron chi connectivity index (χ3n) is 2.55. The van der Waals surface area contributed by atoms with E-state index in [1.54, 1.807) is 32.9 Å². The SMILES string of the molecule is CC(C)(C)OC(C=O)ON1C(=O)c2ccccc2C1=O. The maximum atomic E-state index is 12.0. The van der Waals surface area contributed by atoms with Gasteiger partial charge < -0.3 is 4.74 Å². The summed E-state index contributed by atoms with van der Waals surface area (Å²) in [6, 6.07) is 6.35. The number of aldehydes is 1. The molecule has 6 nitrogen and oxygen atoms in total. The lowest BCUT2D eigenvalue weighted by molar-refractivity contribution is -0.247. The Labute approximate surface area is 116 Å². The molecular weight excluding hydrogens is 262 g/mol. The van der Waals surface area contributed by atoms with E-state index >= 15 is 0 Å². The highest BCUT2D eigenvalue weighted by Crippen LogP contribution is 2.24. The van der Waals surface area contributed by atoms with Crippen LogP contribution in [0, 0.1) is 0 Å². The third-order valence-corrected chi connectivity index (χ3v) is 2.55. The zero-order valence-electron chi connectivity index (χ0n) is 11.5. The average Bonchev–Trinajstić information content (AvgIpc) is 2.62. The van der Waals surface area contributed by atoms with Gasteiger partial charge in [-0.3, -0.25) is 14.4 Å². The molecule has 0 saturated heterocycles. The monoisotopic (exact) mass is 277 g/mol. The minimum absolute atomic E-state index is 0.248. The van der Waals surface area contributed by atoms with E-state index in [0.29, 0.717) is 11.3 Å². The van der Waals surface area contributed by atoms with Gasteiger partial charge in [-0.05, 0) is 32.9 Å². The molecule has 1 aliphatic rings. The van der Waals surface area contributed by atoms with Gasteiger partial charge in [0.2, 0.25) is 6.29 Å². The molecule has 0 radical (unpaired) electrons. The standard InChI is InChI=1S/C14H15NO5/c1-14(2,3)19-11(8-16)20-15-12(17)9-6-4-5-7-10(9)13(15)18/h4-8,11H,1-3H3. The minimum atomic E-state index is -1.32. The van der Waals surface area contributed by atoms with E-state index in [1.165, 1.54) is 12.1 Å². The summed E-state index contributed by atoms with van der Waals surface area (Å²) in [5, 5.41) is 0.565. The Balaban J connectivity index is 2.17. The molecule has 1 unspecified atom stereocenters. The van der Waals surface area contributed by atoms with Crippen LogP contribution in [0.4, 0.5) is 0 Å². The molecule has 0 fully saturated rings. The van der Waals surface area contributed by atoms with Gasteiger partial charge in [0.25, 0.3) is 11.8 Å². The first-order valence-corrected chi connectivity index (χ1v) is 6.11. The van der Waals surface area contributed by atoms with Gasteiger partial charge in [-0.2, -0.15) is 0 Å². The lowest BCUT2D eigenvalue weighted by Gasteiger charge is -2.25. The van der Waals surface area contributed by atoms with E-state index in [1.807, 2.05) is 0 Å². The molecule has 0 spiro atoms. The number of hydroxylamine groups is 2. The van der Waals surface area contributed by atoms with Crippen LogP contribution in [0.3, 0.4) is 0 Å². The molecule has 2 rings (SSSR count). The van der Waals surface area contributed by atoms with Crippen molar-refractivity contribution in [1.29, 1.82) is 0 Å². The molecule has 0 saturated carbocycles. The van der Waals surface area contributed by atoms with Crippen molar-refractivity contribution < 1.29 is 24.0 Å². The van der Waals surface area contributed by atoms with Gasteiger partial charge in [0.05, 0.1) is 16.7 Å². The van der Waals surface area contributed by atoms with E-state index in [2.05, 4.69) is 0 Å². The number of carbonyl (C=O) groups is 3. The van der Waals surface area contributed by atoms with Gasteiger partial charge in [0.1, 0.15) is 0 Å². The number of hydrogen-bond acceptors (Lipinski definition) is 5. The van der Waals surface area contributed by atoms with Gasteiger partial charge in [0.15, 0.2) is 6.29 Å². The summed E-state index contributed by atoms with van der Waals surface area (Å²) in [5.74, 6) is -1.20. The topological polar surface area (TPSA) is 72.9 Å². The van der Waals surface area contributed by atoms with Crippen molar-refractivity contribution in [3.8, 4) is 0 Å². The van der Waals surface area contributed by atoms with Crippen molar-refractivity contribution in [2.75, 3.05) is 0 Å². The Morgan fingerprint density at radius 1 is 1.10 bits per heavy atom. The third kappa shape index (κ3) is 2.76. The molecule has 2 amide bonds. The smallest absolute Gasteiger partial charge is 0.286 e. The zero-order chi connectivity index (χ0) is 14.9. The van der Waals surface area contributed by atoms with E-state index in [4.69, 9.17) is 9.57 Å². The normalized spacial score (nSPS) is 16.2. The Morgan fingerprint density at radius 3 is 2.00 bits per heavy atom. The van der Waals surface area contributed by atoms with Crippen LogP contribution >= 0.6 is 0 Å². The number of fused-ring (bicyclic) bond motifs is 1. The number of carbonyl (C=O) groups excluding carboxylic acids is 3. The maximum absolute atomic E-state index is 12.0. The second kappa shape index (κ2) is 5.15. The van der Waals surface area contributed by atoms with Crippen LogP contribution < -0.4 is 0 Å². The van der Waals surface area contributed by atoms with Gasteiger partial charge in [0, 0.05) is 0 Å².